The van der Waals surface area contributed by atoms with Gasteiger partial charge in [0.15, 0.2) is 0 Å². The Kier molecular flexibility index (Phi) is 4.96. The van der Waals surface area contributed by atoms with Gasteiger partial charge < -0.3 is 15.2 Å². The number of sulfonamides is 1. The fourth-order valence-electron chi connectivity index (χ4n) is 2.97. The highest BCUT2D eigenvalue weighted by molar-refractivity contribution is 7.88. The van der Waals surface area contributed by atoms with Gasteiger partial charge in [-0.05, 0) is 30.7 Å². The molecule has 2 aromatic rings. The number of carbonyl (C=O) groups excluding carboxylic acids is 1. The van der Waals surface area contributed by atoms with E-state index < -0.39 is 10.0 Å². The predicted octanol–water partition coefficient (Wildman–Crippen LogP) is 1.48. The Balaban J connectivity index is 1.58. The zero-order valence-electron chi connectivity index (χ0n) is 14.0. The number of H-pyrrole nitrogens is 1. The number of aromatic nitrogens is 1. The van der Waals surface area contributed by atoms with Gasteiger partial charge in [0.2, 0.25) is 10.0 Å². The van der Waals surface area contributed by atoms with E-state index in [1.165, 1.54) is 22.7 Å². The Bertz CT molecular complexity index is 881. The molecule has 0 spiro atoms. The number of nitrogens with zero attached hydrogens (tertiary/aromatic N) is 2. The summed E-state index contributed by atoms with van der Waals surface area (Å²) in [6.07, 6.45) is 1.79. The topological polar surface area (TPSA) is 85.5 Å². The minimum absolute atomic E-state index is 0.236. The Morgan fingerprint density at radius 3 is 2.80 bits per heavy atom. The first-order valence-corrected chi connectivity index (χ1v) is 9.93. The number of amides is 2. The van der Waals surface area contributed by atoms with Crippen molar-refractivity contribution in [2.24, 2.45) is 0 Å². The molecule has 0 unspecified atom stereocenters. The van der Waals surface area contributed by atoms with Gasteiger partial charge in [-0.3, -0.25) is 0 Å². The molecule has 1 aliphatic rings. The van der Waals surface area contributed by atoms with Crippen molar-refractivity contribution in [3.05, 3.63) is 35.8 Å². The van der Waals surface area contributed by atoms with E-state index in [0.717, 1.165) is 16.6 Å². The fraction of sp³-hybridized carbons (Fsp3) is 0.438. The molecule has 1 saturated heterocycles. The molecule has 0 saturated carbocycles. The molecule has 9 heteroatoms. The summed E-state index contributed by atoms with van der Waals surface area (Å²) in [5.41, 5.74) is 1.59. The summed E-state index contributed by atoms with van der Waals surface area (Å²) < 4.78 is 37.8. The van der Waals surface area contributed by atoms with Gasteiger partial charge in [-0.2, -0.15) is 0 Å². The van der Waals surface area contributed by atoms with Crippen LogP contribution >= 0.6 is 0 Å². The van der Waals surface area contributed by atoms with E-state index in [9.17, 15) is 17.6 Å². The van der Waals surface area contributed by atoms with E-state index in [1.807, 2.05) is 0 Å². The number of benzene rings is 1. The quantitative estimate of drug-likeness (QED) is 0.861. The van der Waals surface area contributed by atoms with Crippen LogP contribution in [-0.2, 0) is 16.6 Å². The summed E-state index contributed by atoms with van der Waals surface area (Å²) in [6, 6.07) is 6.04. The second kappa shape index (κ2) is 7.01. The number of urea groups is 1. The number of fused-ring (bicyclic) bond motifs is 1. The molecular weight excluding hydrogens is 347 g/mol. The van der Waals surface area contributed by atoms with E-state index in [1.54, 1.807) is 17.0 Å². The van der Waals surface area contributed by atoms with Gasteiger partial charge in [0.1, 0.15) is 5.82 Å². The lowest BCUT2D eigenvalue weighted by Gasteiger charge is -2.21. The molecule has 2 N–H and O–H groups in total. The second-order valence-electron chi connectivity index (χ2n) is 6.19. The molecule has 136 valence electrons. The van der Waals surface area contributed by atoms with Gasteiger partial charge in [0, 0.05) is 42.8 Å². The van der Waals surface area contributed by atoms with Crippen molar-refractivity contribution in [3.8, 4) is 0 Å². The molecule has 1 aromatic carbocycles. The summed E-state index contributed by atoms with van der Waals surface area (Å²) >= 11 is 0. The Morgan fingerprint density at radius 2 is 2.04 bits per heavy atom. The van der Waals surface area contributed by atoms with Crippen LogP contribution < -0.4 is 5.32 Å². The number of aromatic amines is 1. The first-order valence-electron chi connectivity index (χ1n) is 8.08. The van der Waals surface area contributed by atoms with Crippen LogP contribution in [0.15, 0.2) is 24.3 Å². The maximum atomic E-state index is 13.2. The molecule has 1 aromatic heterocycles. The number of nitrogens with one attached hydrogen (secondary N) is 2. The molecule has 1 aliphatic heterocycles. The number of hydrogen-bond donors (Lipinski definition) is 2. The third-order valence-electron chi connectivity index (χ3n) is 4.28. The van der Waals surface area contributed by atoms with Crippen molar-refractivity contribution in [3.63, 3.8) is 0 Å². The molecule has 0 atom stereocenters. The van der Waals surface area contributed by atoms with Crippen molar-refractivity contribution >= 4 is 27.0 Å². The molecule has 3 rings (SSSR count). The molecule has 25 heavy (non-hydrogen) atoms. The van der Waals surface area contributed by atoms with Gasteiger partial charge in [-0.1, -0.05) is 0 Å². The number of rotatable bonds is 3. The Hall–Kier alpha value is -2.13. The van der Waals surface area contributed by atoms with Crippen LogP contribution in [0, 0.1) is 5.82 Å². The molecular formula is C16H21FN4O3S. The van der Waals surface area contributed by atoms with Crippen LogP contribution in [0.25, 0.3) is 10.9 Å². The molecule has 2 amide bonds. The SMILES string of the molecule is CS(=O)(=O)N1CCCN(C(=O)NCc2cc3cc(F)ccc3[nH]2)CC1. The van der Waals surface area contributed by atoms with E-state index in [4.69, 9.17) is 0 Å². The third kappa shape index (κ3) is 4.29. The van der Waals surface area contributed by atoms with Crippen molar-refractivity contribution in [1.82, 2.24) is 19.5 Å². The maximum absolute atomic E-state index is 13.2. The van der Waals surface area contributed by atoms with Crippen LogP contribution in [0.2, 0.25) is 0 Å². The van der Waals surface area contributed by atoms with E-state index in [-0.39, 0.29) is 11.8 Å². The average molecular weight is 368 g/mol. The summed E-state index contributed by atoms with van der Waals surface area (Å²) in [5.74, 6) is -0.304. The van der Waals surface area contributed by atoms with E-state index in [0.29, 0.717) is 39.1 Å². The second-order valence-corrected chi connectivity index (χ2v) is 8.17. The van der Waals surface area contributed by atoms with Gasteiger partial charge in [-0.15, -0.1) is 0 Å². The number of halogens is 1. The van der Waals surface area contributed by atoms with Crippen molar-refractivity contribution < 1.29 is 17.6 Å². The number of hydrogen-bond acceptors (Lipinski definition) is 3. The number of carbonyl (C=O) groups is 1. The maximum Gasteiger partial charge on any atom is 0.317 e. The minimum atomic E-state index is -3.23. The van der Waals surface area contributed by atoms with E-state index >= 15 is 0 Å². The van der Waals surface area contributed by atoms with Crippen LogP contribution in [-0.4, -0.2) is 61.1 Å². The van der Waals surface area contributed by atoms with Gasteiger partial charge in [0.25, 0.3) is 0 Å². The summed E-state index contributed by atoms with van der Waals surface area (Å²) in [6.45, 7) is 1.89. The molecule has 0 radical (unpaired) electrons. The molecule has 0 aliphatic carbocycles. The van der Waals surface area contributed by atoms with E-state index in [2.05, 4.69) is 10.3 Å². The smallest absolute Gasteiger partial charge is 0.317 e. The minimum Gasteiger partial charge on any atom is -0.357 e. The largest absolute Gasteiger partial charge is 0.357 e. The fourth-order valence-corrected chi connectivity index (χ4v) is 3.84. The molecule has 1 fully saturated rings. The lowest BCUT2D eigenvalue weighted by Crippen LogP contribution is -2.42. The van der Waals surface area contributed by atoms with Crippen LogP contribution in [0.3, 0.4) is 0 Å². The predicted molar refractivity (Wildman–Crippen MR) is 93.1 cm³/mol. The van der Waals surface area contributed by atoms with Gasteiger partial charge >= 0.3 is 6.03 Å². The highest BCUT2D eigenvalue weighted by atomic mass is 32.2. The zero-order valence-corrected chi connectivity index (χ0v) is 14.8. The first kappa shape index (κ1) is 17.7. The van der Waals surface area contributed by atoms with Crippen molar-refractivity contribution in [2.75, 3.05) is 32.4 Å². The molecule has 2 heterocycles. The molecule has 7 nitrogen and oxygen atoms in total. The lowest BCUT2D eigenvalue weighted by atomic mass is 10.2. The van der Waals surface area contributed by atoms with Crippen LogP contribution in [0.4, 0.5) is 9.18 Å². The average Bonchev–Trinajstić information content (AvgIpc) is 2.77. The first-order chi connectivity index (χ1) is 11.8. The van der Waals surface area contributed by atoms with Crippen LogP contribution in [0.1, 0.15) is 12.1 Å². The van der Waals surface area contributed by atoms with Gasteiger partial charge in [0.05, 0.1) is 12.8 Å². The highest BCUT2D eigenvalue weighted by Crippen LogP contribution is 2.16. The van der Waals surface area contributed by atoms with Crippen molar-refractivity contribution in [1.29, 1.82) is 0 Å². The lowest BCUT2D eigenvalue weighted by molar-refractivity contribution is 0.200. The Morgan fingerprint density at radius 1 is 1.24 bits per heavy atom. The zero-order chi connectivity index (χ0) is 18.0. The summed E-state index contributed by atoms with van der Waals surface area (Å²) in [5, 5.41) is 3.57. The summed E-state index contributed by atoms with van der Waals surface area (Å²) in [4.78, 5) is 17.1. The normalized spacial score (nSPS) is 16.8. The Labute approximate surface area is 145 Å². The van der Waals surface area contributed by atoms with Gasteiger partial charge in [-0.25, -0.2) is 21.9 Å². The third-order valence-corrected chi connectivity index (χ3v) is 5.58. The van der Waals surface area contributed by atoms with Crippen LogP contribution in [0.5, 0.6) is 0 Å². The monoisotopic (exact) mass is 368 g/mol. The highest BCUT2D eigenvalue weighted by Gasteiger charge is 2.23. The summed E-state index contributed by atoms with van der Waals surface area (Å²) in [7, 11) is -3.23. The standard InChI is InChI=1S/C16H21FN4O3S/c1-25(23,24)21-6-2-5-20(7-8-21)16(22)18-11-14-10-12-9-13(17)3-4-15(12)19-14/h3-4,9-10,19H,2,5-8,11H2,1H3,(H,18,22). The van der Waals surface area contributed by atoms with Crippen molar-refractivity contribution in [2.45, 2.75) is 13.0 Å². The molecule has 0 bridgehead atoms.